The van der Waals surface area contributed by atoms with Gasteiger partial charge in [-0.15, -0.1) is 0 Å². The Hall–Kier alpha value is -0.600. The van der Waals surface area contributed by atoms with E-state index in [1.807, 2.05) is 0 Å². The van der Waals surface area contributed by atoms with Crippen LogP contribution in [0.15, 0.2) is 24.3 Å². The molecule has 1 fully saturated rings. The van der Waals surface area contributed by atoms with Gasteiger partial charge in [-0.25, -0.2) is 0 Å². The van der Waals surface area contributed by atoms with Crippen LogP contribution in [0, 0.1) is 23.7 Å². The van der Waals surface area contributed by atoms with E-state index in [9.17, 15) is 10.2 Å². The minimum atomic E-state index is -0.215. The Morgan fingerprint density at radius 2 is 0.812 bits per heavy atom. The Labute approximate surface area is 96.7 Å². The average molecular weight is 220 g/mol. The fraction of sp³-hybridized carbons (Fsp3) is 0.714. The van der Waals surface area contributed by atoms with Gasteiger partial charge in [0.15, 0.2) is 0 Å². The lowest BCUT2D eigenvalue weighted by atomic mass is 9.59. The second kappa shape index (κ2) is 4.01. The van der Waals surface area contributed by atoms with Crippen molar-refractivity contribution in [2.24, 2.45) is 23.7 Å². The molecule has 2 heteroatoms. The maximum absolute atomic E-state index is 10.4. The lowest BCUT2D eigenvalue weighted by Gasteiger charge is -2.50. The minimum absolute atomic E-state index is 0.215. The number of aliphatic hydroxyl groups is 2. The first kappa shape index (κ1) is 10.5. The van der Waals surface area contributed by atoms with E-state index in [0.717, 1.165) is 25.7 Å². The SMILES string of the molecule is OC1[C@H]2CC=CC[C@H]2C(O)[C@@H]2CC=CC[C@@H]12. The smallest absolute Gasteiger partial charge is 0.0609 e. The molecule has 2 unspecified atom stereocenters. The molecule has 0 amide bonds. The summed E-state index contributed by atoms with van der Waals surface area (Å²) < 4.78 is 0. The average Bonchev–Trinajstić information content (AvgIpc) is 2.36. The Balaban J connectivity index is 1.90. The van der Waals surface area contributed by atoms with Gasteiger partial charge in [-0.1, -0.05) is 24.3 Å². The predicted molar refractivity (Wildman–Crippen MR) is 62.7 cm³/mol. The van der Waals surface area contributed by atoms with Gasteiger partial charge in [0.05, 0.1) is 12.2 Å². The lowest BCUT2D eigenvalue weighted by Crippen LogP contribution is -2.53. The molecule has 0 aliphatic heterocycles. The summed E-state index contributed by atoms with van der Waals surface area (Å²) in [6.45, 7) is 0. The molecule has 2 nitrogen and oxygen atoms in total. The third-order valence-electron chi connectivity index (χ3n) is 4.82. The normalized spacial score (nSPS) is 50.9. The highest BCUT2D eigenvalue weighted by atomic mass is 16.3. The predicted octanol–water partition coefficient (Wildman–Crippen LogP) is 1.89. The molecule has 0 heterocycles. The second-order valence-corrected chi connectivity index (χ2v) is 5.52. The maximum atomic E-state index is 10.4. The third kappa shape index (κ3) is 1.47. The van der Waals surface area contributed by atoms with E-state index < -0.39 is 0 Å². The van der Waals surface area contributed by atoms with Crippen molar-refractivity contribution in [3.05, 3.63) is 24.3 Å². The second-order valence-electron chi connectivity index (χ2n) is 5.52. The molecule has 0 aromatic heterocycles. The fourth-order valence-corrected chi connectivity index (χ4v) is 3.92. The first-order valence-electron chi connectivity index (χ1n) is 6.45. The molecule has 0 aromatic rings. The van der Waals surface area contributed by atoms with E-state index in [-0.39, 0.29) is 35.9 Å². The van der Waals surface area contributed by atoms with Gasteiger partial charge in [-0.05, 0) is 49.4 Å². The van der Waals surface area contributed by atoms with Crippen molar-refractivity contribution in [3.63, 3.8) is 0 Å². The number of aliphatic hydroxyl groups excluding tert-OH is 2. The van der Waals surface area contributed by atoms with Crippen LogP contribution in [-0.2, 0) is 0 Å². The number of fused-ring (bicyclic) bond motifs is 2. The van der Waals surface area contributed by atoms with E-state index in [0.29, 0.717) is 0 Å². The van der Waals surface area contributed by atoms with Crippen LogP contribution in [0.1, 0.15) is 25.7 Å². The van der Waals surface area contributed by atoms with Crippen molar-refractivity contribution in [2.45, 2.75) is 37.9 Å². The molecule has 16 heavy (non-hydrogen) atoms. The quantitative estimate of drug-likeness (QED) is 0.612. The van der Waals surface area contributed by atoms with E-state index in [2.05, 4.69) is 24.3 Å². The first-order valence-corrected chi connectivity index (χ1v) is 6.45. The largest absolute Gasteiger partial charge is 0.393 e. The lowest BCUT2D eigenvalue weighted by molar-refractivity contribution is -0.119. The number of rotatable bonds is 0. The Kier molecular flexibility index (Phi) is 2.64. The molecule has 3 aliphatic rings. The molecule has 3 rings (SSSR count). The van der Waals surface area contributed by atoms with Crippen molar-refractivity contribution >= 4 is 0 Å². The van der Waals surface area contributed by atoms with Crippen LogP contribution in [0.25, 0.3) is 0 Å². The topological polar surface area (TPSA) is 40.5 Å². The van der Waals surface area contributed by atoms with Crippen LogP contribution in [0.2, 0.25) is 0 Å². The molecule has 88 valence electrons. The van der Waals surface area contributed by atoms with Crippen molar-refractivity contribution in [2.75, 3.05) is 0 Å². The van der Waals surface area contributed by atoms with Crippen LogP contribution in [0.4, 0.5) is 0 Å². The van der Waals surface area contributed by atoms with Crippen LogP contribution in [0.5, 0.6) is 0 Å². The van der Waals surface area contributed by atoms with Crippen LogP contribution in [-0.4, -0.2) is 22.4 Å². The van der Waals surface area contributed by atoms with Gasteiger partial charge in [0.25, 0.3) is 0 Å². The molecule has 2 N–H and O–H groups in total. The highest BCUT2D eigenvalue weighted by molar-refractivity contribution is 5.09. The first-order chi connectivity index (χ1) is 7.79. The number of hydrogen-bond acceptors (Lipinski definition) is 2. The Morgan fingerprint density at radius 3 is 1.06 bits per heavy atom. The summed E-state index contributed by atoms with van der Waals surface area (Å²) in [7, 11) is 0. The molecule has 0 spiro atoms. The summed E-state index contributed by atoms with van der Waals surface area (Å²) in [6.07, 6.45) is 12.0. The summed E-state index contributed by atoms with van der Waals surface area (Å²) in [6, 6.07) is 0. The van der Waals surface area contributed by atoms with Crippen molar-refractivity contribution < 1.29 is 10.2 Å². The minimum Gasteiger partial charge on any atom is -0.393 e. The van der Waals surface area contributed by atoms with Crippen LogP contribution >= 0.6 is 0 Å². The molecule has 1 saturated carbocycles. The fourth-order valence-electron chi connectivity index (χ4n) is 3.92. The zero-order valence-corrected chi connectivity index (χ0v) is 9.50. The molecule has 0 saturated heterocycles. The number of allylic oxidation sites excluding steroid dienone is 4. The molecular weight excluding hydrogens is 200 g/mol. The van der Waals surface area contributed by atoms with Gasteiger partial charge in [-0.3, -0.25) is 0 Å². The van der Waals surface area contributed by atoms with Gasteiger partial charge in [0.1, 0.15) is 0 Å². The van der Waals surface area contributed by atoms with Crippen molar-refractivity contribution in [1.82, 2.24) is 0 Å². The van der Waals surface area contributed by atoms with E-state index in [1.54, 1.807) is 0 Å². The number of hydrogen-bond donors (Lipinski definition) is 2. The molecule has 0 radical (unpaired) electrons. The molecule has 6 atom stereocenters. The highest BCUT2D eigenvalue weighted by Crippen LogP contribution is 2.47. The van der Waals surface area contributed by atoms with E-state index in [1.165, 1.54) is 0 Å². The Morgan fingerprint density at radius 1 is 0.562 bits per heavy atom. The third-order valence-corrected chi connectivity index (χ3v) is 4.82. The zero-order valence-electron chi connectivity index (χ0n) is 9.50. The van der Waals surface area contributed by atoms with Crippen LogP contribution < -0.4 is 0 Å². The highest BCUT2D eigenvalue weighted by Gasteiger charge is 2.48. The summed E-state index contributed by atoms with van der Waals surface area (Å²) in [5.74, 6) is 1.14. The van der Waals surface area contributed by atoms with Crippen molar-refractivity contribution in [1.29, 1.82) is 0 Å². The van der Waals surface area contributed by atoms with Gasteiger partial charge in [0, 0.05) is 0 Å². The summed E-state index contributed by atoms with van der Waals surface area (Å²) >= 11 is 0. The molecule has 0 bridgehead atoms. The van der Waals surface area contributed by atoms with Gasteiger partial charge < -0.3 is 10.2 Å². The monoisotopic (exact) mass is 220 g/mol. The molecular formula is C14H20O2. The molecule has 0 aromatic carbocycles. The summed E-state index contributed by atoms with van der Waals surface area (Å²) in [5.41, 5.74) is 0. The standard InChI is InChI=1S/C14H20O2/c15-13-9-5-1-2-6-10(9)14(16)12-8-4-3-7-11(12)13/h1-4,9-16H,5-8H2/t9-,10-,11-,12+,13?,14?/m1/s1. The van der Waals surface area contributed by atoms with Gasteiger partial charge >= 0.3 is 0 Å². The van der Waals surface area contributed by atoms with E-state index >= 15 is 0 Å². The van der Waals surface area contributed by atoms with Crippen molar-refractivity contribution in [3.8, 4) is 0 Å². The van der Waals surface area contributed by atoms with Crippen LogP contribution in [0.3, 0.4) is 0 Å². The summed E-state index contributed by atoms with van der Waals surface area (Å²) in [5, 5.41) is 20.9. The zero-order chi connectivity index (χ0) is 11.1. The maximum Gasteiger partial charge on any atom is 0.0609 e. The van der Waals surface area contributed by atoms with Gasteiger partial charge in [0.2, 0.25) is 0 Å². The summed E-state index contributed by atoms with van der Waals surface area (Å²) in [4.78, 5) is 0. The Bertz CT molecular complexity index is 261. The molecule has 3 aliphatic carbocycles. The van der Waals surface area contributed by atoms with E-state index in [4.69, 9.17) is 0 Å². The van der Waals surface area contributed by atoms with Gasteiger partial charge in [-0.2, -0.15) is 0 Å².